The van der Waals surface area contributed by atoms with Gasteiger partial charge in [0.2, 0.25) is 11.6 Å². The molecule has 0 N–H and O–H groups in total. The highest BCUT2D eigenvalue weighted by Gasteiger charge is 2.47. The molecule has 0 aromatic heterocycles. The summed E-state index contributed by atoms with van der Waals surface area (Å²) in [6.45, 7) is 1.82. The molecule has 1 fully saturated rings. The van der Waals surface area contributed by atoms with Gasteiger partial charge in [0.05, 0.1) is 0 Å². The van der Waals surface area contributed by atoms with E-state index in [9.17, 15) is 9.59 Å². The zero-order chi connectivity index (χ0) is 18.6. The van der Waals surface area contributed by atoms with Gasteiger partial charge in [-0.3, -0.25) is 9.59 Å². The van der Waals surface area contributed by atoms with Gasteiger partial charge in [-0.2, -0.15) is 0 Å². The minimum atomic E-state index is -0.434. The predicted molar refractivity (Wildman–Crippen MR) is 107 cm³/mol. The highest BCUT2D eigenvalue weighted by Crippen LogP contribution is 2.47. The molecule has 2 aromatic carbocycles. The molecular weight excluding hydrogens is 358 g/mol. The molecule has 1 spiro atoms. The van der Waals surface area contributed by atoms with Gasteiger partial charge >= 0.3 is 0 Å². The number of benzene rings is 2. The van der Waals surface area contributed by atoms with E-state index in [1.165, 1.54) is 11.8 Å². The van der Waals surface area contributed by atoms with Crippen LogP contribution in [-0.4, -0.2) is 48.0 Å². The van der Waals surface area contributed by atoms with E-state index >= 15 is 0 Å². The summed E-state index contributed by atoms with van der Waals surface area (Å²) >= 11 is 1.48. The molecule has 2 aromatic rings. The van der Waals surface area contributed by atoms with Gasteiger partial charge in [0.15, 0.2) is 0 Å². The van der Waals surface area contributed by atoms with Gasteiger partial charge in [-0.25, -0.2) is 0 Å². The molecule has 1 atom stereocenters. The van der Waals surface area contributed by atoms with Gasteiger partial charge in [-0.05, 0) is 30.3 Å². The molecule has 0 radical (unpaired) electrons. The number of hydrogen-bond acceptors (Lipinski definition) is 5. The van der Waals surface area contributed by atoms with Crippen LogP contribution in [0.25, 0.3) is 16.9 Å². The zero-order valence-electron chi connectivity index (χ0n) is 15.0. The van der Waals surface area contributed by atoms with Crippen molar-refractivity contribution < 1.29 is 14.3 Å². The monoisotopic (exact) mass is 377 g/mol. The molecule has 5 rings (SSSR count). The first-order chi connectivity index (χ1) is 13.1. The Morgan fingerprint density at radius 3 is 2.56 bits per heavy atom. The maximum absolute atomic E-state index is 12.6. The number of rotatable bonds is 1. The van der Waals surface area contributed by atoms with Crippen molar-refractivity contribution in [2.24, 2.45) is 0 Å². The van der Waals surface area contributed by atoms with Gasteiger partial charge in [-0.1, -0.05) is 36.4 Å². The predicted octanol–water partition coefficient (Wildman–Crippen LogP) is 3.63. The van der Waals surface area contributed by atoms with Crippen molar-refractivity contribution in [2.45, 2.75) is 12.0 Å². The molecule has 0 amide bonds. The lowest BCUT2D eigenvalue weighted by molar-refractivity contribution is -0.111. The molecular formula is C22H19NO3S. The van der Waals surface area contributed by atoms with Crippen LogP contribution in [0.5, 0.6) is 0 Å². The molecule has 0 bridgehead atoms. The fourth-order valence-corrected chi connectivity index (χ4v) is 5.33. The number of likely N-dealkylation sites (tertiary alicyclic amines) is 1. The molecule has 2 heterocycles. The van der Waals surface area contributed by atoms with Crippen LogP contribution >= 0.6 is 11.8 Å². The second kappa shape index (κ2) is 6.08. The van der Waals surface area contributed by atoms with E-state index in [1.54, 1.807) is 6.07 Å². The largest absolute Gasteiger partial charge is 0.483 e. The first-order valence-corrected chi connectivity index (χ1v) is 10.1. The smallest absolute Gasteiger partial charge is 0.243 e. The van der Waals surface area contributed by atoms with E-state index in [4.69, 9.17) is 4.74 Å². The number of hydrogen-bond donors (Lipinski definition) is 0. The molecule has 3 aliphatic rings. The number of allylic oxidation sites excluding steroid dienone is 1. The number of ether oxygens (including phenoxy) is 1. The maximum Gasteiger partial charge on any atom is 0.243 e. The number of Topliss-reactive ketones (excluding diaryl/α,β-unsaturated/α-hetero) is 2. The average Bonchev–Trinajstić information content (AvgIpc) is 3.06. The lowest BCUT2D eigenvalue weighted by Gasteiger charge is -2.38. The summed E-state index contributed by atoms with van der Waals surface area (Å²) in [6, 6.07) is 15.7. The van der Waals surface area contributed by atoms with Crippen LogP contribution in [0.15, 0.2) is 53.4 Å². The van der Waals surface area contributed by atoms with Crippen molar-refractivity contribution in [3.05, 3.63) is 64.6 Å². The number of fused-ring (bicyclic) bond motifs is 2. The van der Waals surface area contributed by atoms with Gasteiger partial charge < -0.3 is 9.64 Å². The van der Waals surface area contributed by atoms with Crippen molar-refractivity contribution in [1.82, 2.24) is 4.90 Å². The third-order valence-electron chi connectivity index (χ3n) is 5.54. The molecule has 1 saturated heterocycles. The fraction of sp³-hybridized carbons (Fsp3) is 0.273. The van der Waals surface area contributed by atoms with Crippen molar-refractivity contribution in [2.75, 3.05) is 25.9 Å². The number of carbonyl (C=O) groups is 2. The Kier molecular flexibility index (Phi) is 3.78. The van der Waals surface area contributed by atoms with Crippen molar-refractivity contribution in [1.29, 1.82) is 0 Å². The summed E-state index contributed by atoms with van der Waals surface area (Å²) in [4.78, 5) is 28.0. The lowest BCUT2D eigenvalue weighted by Crippen LogP contribution is -2.42. The summed E-state index contributed by atoms with van der Waals surface area (Å²) in [5, 5.41) is 0. The molecule has 0 saturated carbocycles. The van der Waals surface area contributed by atoms with Crippen LogP contribution in [0.3, 0.4) is 0 Å². The second-order valence-corrected chi connectivity index (χ2v) is 8.49. The number of ketones is 2. The van der Waals surface area contributed by atoms with E-state index in [0.717, 1.165) is 36.2 Å². The van der Waals surface area contributed by atoms with Gasteiger partial charge in [0, 0.05) is 36.4 Å². The van der Waals surface area contributed by atoms with E-state index in [-0.39, 0.29) is 5.60 Å². The third-order valence-corrected chi connectivity index (χ3v) is 6.87. The Hall–Kier alpha value is -2.37. The minimum absolute atomic E-state index is 0.279. The Bertz CT molecular complexity index is 998. The SMILES string of the molecule is CN1CCC2(CSC3=C(O2)c2cc(-c4ccccc4)ccc2C(=O)C3=O)C1. The van der Waals surface area contributed by atoms with Crippen LogP contribution in [0, 0.1) is 0 Å². The van der Waals surface area contributed by atoms with E-state index in [1.807, 2.05) is 42.5 Å². The van der Waals surface area contributed by atoms with E-state index in [2.05, 4.69) is 11.9 Å². The zero-order valence-corrected chi connectivity index (χ0v) is 15.8. The highest BCUT2D eigenvalue weighted by molar-refractivity contribution is 8.04. The molecule has 5 heteroatoms. The third kappa shape index (κ3) is 2.65. The number of nitrogens with zero attached hydrogens (tertiary/aromatic N) is 1. The van der Waals surface area contributed by atoms with Crippen LogP contribution in [0.2, 0.25) is 0 Å². The van der Waals surface area contributed by atoms with Crippen molar-refractivity contribution >= 4 is 29.1 Å². The first kappa shape index (κ1) is 16.8. The van der Waals surface area contributed by atoms with Crippen LogP contribution in [-0.2, 0) is 9.53 Å². The Labute approximate surface area is 162 Å². The molecule has 27 heavy (non-hydrogen) atoms. The summed E-state index contributed by atoms with van der Waals surface area (Å²) < 4.78 is 6.49. The fourth-order valence-electron chi connectivity index (χ4n) is 4.12. The lowest BCUT2D eigenvalue weighted by atomic mass is 9.90. The number of likely N-dealkylation sites (N-methyl/N-ethyl adjacent to an activating group) is 1. The van der Waals surface area contributed by atoms with Crippen LogP contribution in [0.1, 0.15) is 22.3 Å². The first-order valence-electron chi connectivity index (χ1n) is 9.10. The molecule has 4 nitrogen and oxygen atoms in total. The summed E-state index contributed by atoms with van der Waals surface area (Å²) in [5.74, 6) is 0.442. The van der Waals surface area contributed by atoms with Crippen LogP contribution in [0.4, 0.5) is 0 Å². The maximum atomic E-state index is 12.6. The summed E-state index contributed by atoms with van der Waals surface area (Å²) in [6.07, 6.45) is 0.934. The van der Waals surface area contributed by atoms with Gasteiger partial charge in [0.1, 0.15) is 16.3 Å². The Morgan fingerprint density at radius 1 is 1.00 bits per heavy atom. The van der Waals surface area contributed by atoms with Gasteiger partial charge in [0.25, 0.3) is 0 Å². The number of carbonyl (C=O) groups excluding carboxylic acids is 2. The minimum Gasteiger partial charge on any atom is -0.483 e. The average molecular weight is 377 g/mol. The van der Waals surface area contributed by atoms with Crippen LogP contribution < -0.4 is 0 Å². The molecule has 2 aliphatic heterocycles. The van der Waals surface area contributed by atoms with Crippen molar-refractivity contribution in [3.8, 4) is 11.1 Å². The molecule has 136 valence electrons. The standard InChI is InChI=1S/C22H19NO3S/c1-23-10-9-22(12-23)13-27-21-19(25)18(24)16-8-7-15(11-17(16)20(21)26-22)14-5-3-2-4-6-14/h2-8,11H,9-10,12-13H2,1H3. The summed E-state index contributed by atoms with van der Waals surface area (Å²) in [5.41, 5.74) is 3.00. The van der Waals surface area contributed by atoms with Gasteiger partial charge in [-0.15, -0.1) is 11.8 Å². The van der Waals surface area contributed by atoms with Crippen molar-refractivity contribution in [3.63, 3.8) is 0 Å². The van der Waals surface area contributed by atoms with E-state index in [0.29, 0.717) is 22.0 Å². The highest BCUT2D eigenvalue weighted by atomic mass is 32.2. The quantitative estimate of drug-likeness (QED) is 0.711. The molecule has 1 unspecified atom stereocenters. The topological polar surface area (TPSA) is 46.6 Å². The molecule has 1 aliphatic carbocycles. The summed E-state index contributed by atoms with van der Waals surface area (Å²) in [7, 11) is 2.09. The normalized spacial score (nSPS) is 24.8. The van der Waals surface area contributed by atoms with E-state index < -0.39 is 11.6 Å². The number of thioether (sulfide) groups is 1. The Morgan fingerprint density at radius 2 is 1.81 bits per heavy atom. The Balaban J connectivity index is 1.64. The second-order valence-electron chi connectivity index (χ2n) is 7.50.